The topological polar surface area (TPSA) is 41.9 Å². The standard InChI is InChI=1S/C21H23ClN2O2/c1-15(2)21(25)24(13-16-6-4-3-5-7-16)14-19-12-20(23-26-19)17-8-10-18(22)11-9-17/h3-11,15,19H,12-14H2,1-2H3/t19-/m1/s1. The fourth-order valence-electron chi connectivity index (χ4n) is 2.99. The van der Waals surface area contributed by atoms with Crippen LogP contribution in [0.1, 0.15) is 31.4 Å². The van der Waals surface area contributed by atoms with Gasteiger partial charge in [0, 0.05) is 23.9 Å². The molecular formula is C21H23ClN2O2. The molecule has 3 rings (SSSR count). The summed E-state index contributed by atoms with van der Waals surface area (Å²) >= 11 is 5.94. The minimum absolute atomic E-state index is 0.0585. The number of rotatable bonds is 6. The fourth-order valence-corrected chi connectivity index (χ4v) is 3.11. The molecule has 2 aromatic carbocycles. The van der Waals surface area contributed by atoms with Crippen molar-refractivity contribution in [2.75, 3.05) is 6.54 Å². The van der Waals surface area contributed by atoms with Gasteiger partial charge < -0.3 is 9.74 Å². The molecule has 0 aromatic heterocycles. The number of nitrogens with zero attached hydrogens (tertiary/aromatic N) is 2. The number of hydrogen-bond donors (Lipinski definition) is 0. The van der Waals surface area contributed by atoms with Crippen LogP contribution in [0, 0.1) is 5.92 Å². The molecule has 1 aliphatic rings. The van der Waals surface area contributed by atoms with E-state index in [1.165, 1.54) is 0 Å². The van der Waals surface area contributed by atoms with Crippen LogP contribution in [0.25, 0.3) is 0 Å². The molecule has 0 fully saturated rings. The predicted molar refractivity (Wildman–Crippen MR) is 104 cm³/mol. The summed E-state index contributed by atoms with van der Waals surface area (Å²) in [5, 5.41) is 4.91. The van der Waals surface area contributed by atoms with Gasteiger partial charge in [0.05, 0.1) is 12.3 Å². The Morgan fingerprint density at radius 1 is 1.19 bits per heavy atom. The molecule has 0 bridgehead atoms. The van der Waals surface area contributed by atoms with Gasteiger partial charge in [0.2, 0.25) is 5.91 Å². The summed E-state index contributed by atoms with van der Waals surface area (Å²) in [6.07, 6.45) is 0.547. The Bertz CT molecular complexity index is 772. The Morgan fingerprint density at radius 2 is 1.88 bits per heavy atom. The molecule has 2 aromatic rings. The van der Waals surface area contributed by atoms with Crippen LogP contribution in [0.4, 0.5) is 0 Å². The van der Waals surface area contributed by atoms with Crippen molar-refractivity contribution in [3.63, 3.8) is 0 Å². The summed E-state index contributed by atoms with van der Waals surface area (Å²) in [5.74, 6) is 0.0640. The number of hydrogen-bond acceptors (Lipinski definition) is 3. The molecule has 0 radical (unpaired) electrons. The van der Waals surface area contributed by atoms with Crippen LogP contribution in [0.3, 0.4) is 0 Å². The van der Waals surface area contributed by atoms with Crippen molar-refractivity contribution >= 4 is 23.2 Å². The molecule has 136 valence electrons. The normalized spacial score (nSPS) is 16.3. The number of amides is 1. The Morgan fingerprint density at radius 3 is 2.54 bits per heavy atom. The van der Waals surface area contributed by atoms with Gasteiger partial charge in [0.25, 0.3) is 0 Å². The Labute approximate surface area is 159 Å². The van der Waals surface area contributed by atoms with E-state index in [2.05, 4.69) is 5.16 Å². The number of carbonyl (C=O) groups excluding carboxylic acids is 1. The smallest absolute Gasteiger partial charge is 0.225 e. The third kappa shape index (κ3) is 4.64. The Kier molecular flexibility index (Phi) is 5.94. The number of benzene rings is 2. The summed E-state index contributed by atoms with van der Waals surface area (Å²) < 4.78 is 0. The van der Waals surface area contributed by atoms with E-state index in [-0.39, 0.29) is 17.9 Å². The lowest BCUT2D eigenvalue weighted by Gasteiger charge is -2.26. The quantitative estimate of drug-likeness (QED) is 0.750. The lowest BCUT2D eigenvalue weighted by molar-refractivity contribution is -0.136. The predicted octanol–water partition coefficient (Wildman–Crippen LogP) is 4.52. The first-order valence-electron chi connectivity index (χ1n) is 8.84. The lowest BCUT2D eigenvalue weighted by atomic mass is 10.0. The van der Waals surface area contributed by atoms with Gasteiger partial charge in [-0.3, -0.25) is 4.79 Å². The van der Waals surface area contributed by atoms with Crippen molar-refractivity contribution in [3.8, 4) is 0 Å². The van der Waals surface area contributed by atoms with Crippen molar-refractivity contribution < 1.29 is 9.63 Å². The van der Waals surface area contributed by atoms with Crippen LogP contribution in [-0.2, 0) is 16.2 Å². The molecule has 1 aliphatic heterocycles. The molecule has 0 unspecified atom stereocenters. The molecule has 1 amide bonds. The van der Waals surface area contributed by atoms with Crippen LogP contribution in [0.5, 0.6) is 0 Å². The maximum absolute atomic E-state index is 12.6. The molecule has 0 spiro atoms. The number of halogens is 1. The highest BCUT2D eigenvalue weighted by Gasteiger charge is 2.27. The molecule has 0 N–H and O–H groups in total. The molecule has 0 aliphatic carbocycles. The van der Waals surface area contributed by atoms with E-state index in [1.54, 1.807) is 0 Å². The van der Waals surface area contributed by atoms with Gasteiger partial charge in [-0.1, -0.05) is 73.1 Å². The van der Waals surface area contributed by atoms with Gasteiger partial charge in [0.15, 0.2) is 6.10 Å². The van der Waals surface area contributed by atoms with E-state index in [9.17, 15) is 4.79 Å². The average molecular weight is 371 g/mol. The highest BCUT2D eigenvalue weighted by molar-refractivity contribution is 6.30. The molecule has 4 nitrogen and oxygen atoms in total. The van der Waals surface area contributed by atoms with E-state index in [1.807, 2.05) is 73.3 Å². The molecule has 1 atom stereocenters. The van der Waals surface area contributed by atoms with Crippen molar-refractivity contribution in [2.45, 2.75) is 32.9 Å². The Hall–Kier alpha value is -2.33. The second kappa shape index (κ2) is 8.37. The summed E-state index contributed by atoms with van der Waals surface area (Å²) in [7, 11) is 0. The zero-order chi connectivity index (χ0) is 18.5. The zero-order valence-corrected chi connectivity index (χ0v) is 15.8. The minimum atomic E-state index is -0.132. The van der Waals surface area contributed by atoms with Crippen LogP contribution in [0.2, 0.25) is 5.02 Å². The van der Waals surface area contributed by atoms with Gasteiger partial charge >= 0.3 is 0 Å². The van der Waals surface area contributed by atoms with Gasteiger partial charge in [-0.2, -0.15) is 0 Å². The number of oxime groups is 1. The maximum atomic E-state index is 12.6. The van der Waals surface area contributed by atoms with E-state index >= 15 is 0 Å². The molecule has 5 heteroatoms. The highest BCUT2D eigenvalue weighted by atomic mass is 35.5. The van der Waals surface area contributed by atoms with Crippen LogP contribution >= 0.6 is 11.6 Å². The van der Waals surface area contributed by atoms with E-state index in [0.717, 1.165) is 16.8 Å². The van der Waals surface area contributed by atoms with Crippen LogP contribution in [0.15, 0.2) is 59.8 Å². The number of carbonyl (C=O) groups is 1. The SMILES string of the molecule is CC(C)C(=O)N(Cc1ccccc1)C[C@H]1CC(c2ccc(Cl)cc2)=NO1. The summed E-state index contributed by atoms with van der Waals surface area (Å²) in [5.41, 5.74) is 3.00. The largest absolute Gasteiger partial charge is 0.390 e. The van der Waals surface area contributed by atoms with Crippen molar-refractivity contribution in [1.82, 2.24) is 4.90 Å². The molecule has 26 heavy (non-hydrogen) atoms. The van der Waals surface area contributed by atoms with E-state index < -0.39 is 0 Å². The fraction of sp³-hybridized carbons (Fsp3) is 0.333. The lowest BCUT2D eigenvalue weighted by Crippen LogP contribution is -2.39. The summed E-state index contributed by atoms with van der Waals surface area (Å²) in [6, 6.07) is 17.6. The first-order chi connectivity index (χ1) is 12.5. The van der Waals surface area contributed by atoms with Crippen molar-refractivity contribution in [2.24, 2.45) is 11.1 Å². The Balaban J connectivity index is 1.66. The summed E-state index contributed by atoms with van der Waals surface area (Å²) in [4.78, 5) is 20.1. The molecular weight excluding hydrogens is 348 g/mol. The maximum Gasteiger partial charge on any atom is 0.225 e. The van der Waals surface area contributed by atoms with Gasteiger partial charge in [-0.25, -0.2) is 0 Å². The highest BCUT2D eigenvalue weighted by Crippen LogP contribution is 2.21. The van der Waals surface area contributed by atoms with Crippen LogP contribution < -0.4 is 0 Å². The first-order valence-corrected chi connectivity index (χ1v) is 9.22. The minimum Gasteiger partial charge on any atom is -0.390 e. The van der Waals surface area contributed by atoms with Gasteiger partial charge in [0.1, 0.15) is 0 Å². The van der Waals surface area contributed by atoms with Crippen molar-refractivity contribution in [1.29, 1.82) is 0 Å². The average Bonchev–Trinajstić information content (AvgIpc) is 3.10. The third-order valence-electron chi connectivity index (χ3n) is 4.36. The molecule has 0 saturated carbocycles. The van der Waals surface area contributed by atoms with Gasteiger partial charge in [-0.05, 0) is 23.3 Å². The monoisotopic (exact) mass is 370 g/mol. The van der Waals surface area contributed by atoms with Gasteiger partial charge in [-0.15, -0.1) is 0 Å². The van der Waals surface area contributed by atoms with E-state index in [4.69, 9.17) is 16.4 Å². The first kappa shape index (κ1) is 18.5. The summed E-state index contributed by atoms with van der Waals surface area (Å²) in [6.45, 7) is 4.94. The third-order valence-corrected chi connectivity index (χ3v) is 4.61. The second-order valence-electron chi connectivity index (χ2n) is 6.84. The van der Waals surface area contributed by atoms with Crippen LogP contribution in [-0.4, -0.2) is 29.2 Å². The van der Waals surface area contributed by atoms with E-state index in [0.29, 0.717) is 24.5 Å². The molecule has 0 saturated heterocycles. The van der Waals surface area contributed by atoms with Crippen molar-refractivity contribution in [3.05, 3.63) is 70.7 Å². The molecule has 1 heterocycles. The second-order valence-corrected chi connectivity index (χ2v) is 7.27. The zero-order valence-electron chi connectivity index (χ0n) is 15.1.